The lowest BCUT2D eigenvalue weighted by Gasteiger charge is -2.38. The first-order valence-electron chi connectivity index (χ1n) is 5.93. The topological polar surface area (TPSA) is 35.2 Å². The molecule has 0 bridgehead atoms. The van der Waals surface area contributed by atoms with Crippen molar-refractivity contribution in [2.75, 3.05) is 0 Å². The summed E-state index contributed by atoms with van der Waals surface area (Å²) in [5.41, 5.74) is 7.44. The summed E-state index contributed by atoms with van der Waals surface area (Å²) in [6, 6.07) is 6.30. The lowest BCUT2D eigenvalue weighted by atomic mass is 9.86. The molecule has 3 rings (SSSR count). The molecule has 2 aliphatic rings. The molecule has 1 heterocycles. The highest BCUT2D eigenvalue weighted by molar-refractivity contribution is 9.10. The Kier molecular flexibility index (Phi) is 2.48. The Morgan fingerprint density at radius 2 is 2.06 bits per heavy atom. The van der Waals surface area contributed by atoms with E-state index in [0.29, 0.717) is 0 Å². The molecule has 16 heavy (non-hydrogen) atoms. The van der Waals surface area contributed by atoms with Gasteiger partial charge < -0.3 is 10.5 Å². The average molecular weight is 282 g/mol. The molecular formula is C13H16BrNO. The minimum atomic E-state index is 0.0349. The van der Waals surface area contributed by atoms with E-state index in [4.69, 9.17) is 10.5 Å². The zero-order valence-corrected chi connectivity index (χ0v) is 10.8. The Hall–Kier alpha value is -0.540. The van der Waals surface area contributed by atoms with Crippen molar-refractivity contribution in [3.63, 3.8) is 0 Å². The SMILES string of the molecule is N[C@@H]1CC2(CCCC2)Oc2cc(Br)ccc21. The van der Waals surface area contributed by atoms with E-state index in [1.807, 2.05) is 6.07 Å². The van der Waals surface area contributed by atoms with Gasteiger partial charge in [-0.2, -0.15) is 0 Å². The highest BCUT2D eigenvalue weighted by Crippen LogP contribution is 2.46. The van der Waals surface area contributed by atoms with Crippen molar-refractivity contribution < 1.29 is 4.74 Å². The van der Waals surface area contributed by atoms with E-state index in [0.717, 1.165) is 35.0 Å². The molecule has 1 atom stereocenters. The Morgan fingerprint density at radius 3 is 2.81 bits per heavy atom. The van der Waals surface area contributed by atoms with Crippen molar-refractivity contribution in [1.29, 1.82) is 0 Å². The number of nitrogens with two attached hydrogens (primary N) is 1. The second kappa shape index (κ2) is 3.74. The lowest BCUT2D eigenvalue weighted by molar-refractivity contribution is 0.0425. The van der Waals surface area contributed by atoms with Crippen LogP contribution in [0, 0.1) is 0 Å². The molecule has 2 N–H and O–H groups in total. The first kappa shape index (κ1) is 10.6. The van der Waals surface area contributed by atoms with Crippen molar-refractivity contribution in [3.8, 4) is 5.75 Å². The van der Waals surface area contributed by atoms with Crippen LogP contribution in [0.1, 0.15) is 43.7 Å². The van der Waals surface area contributed by atoms with Crippen LogP contribution in [0.3, 0.4) is 0 Å². The van der Waals surface area contributed by atoms with Crippen LogP contribution in [-0.2, 0) is 0 Å². The highest BCUT2D eigenvalue weighted by Gasteiger charge is 2.41. The molecule has 3 heteroatoms. The van der Waals surface area contributed by atoms with Crippen LogP contribution in [0.5, 0.6) is 5.75 Å². The molecule has 1 saturated carbocycles. The maximum atomic E-state index is 6.26. The zero-order valence-electron chi connectivity index (χ0n) is 9.21. The summed E-state index contributed by atoms with van der Waals surface area (Å²) < 4.78 is 7.29. The van der Waals surface area contributed by atoms with Gasteiger partial charge in [-0.25, -0.2) is 0 Å². The van der Waals surface area contributed by atoms with E-state index >= 15 is 0 Å². The maximum Gasteiger partial charge on any atom is 0.126 e. The number of hydrogen-bond acceptors (Lipinski definition) is 2. The minimum Gasteiger partial charge on any atom is -0.487 e. The summed E-state index contributed by atoms with van der Waals surface area (Å²) in [6.45, 7) is 0. The van der Waals surface area contributed by atoms with Gasteiger partial charge in [0.2, 0.25) is 0 Å². The fraction of sp³-hybridized carbons (Fsp3) is 0.538. The Balaban J connectivity index is 2.00. The predicted molar refractivity (Wildman–Crippen MR) is 67.5 cm³/mol. The summed E-state index contributed by atoms with van der Waals surface area (Å²) in [6.07, 6.45) is 5.84. The first-order valence-corrected chi connectivity index (χ1v) is 6.72. The molecule has 1 aromatic carbocycles. The third-order valence-corrected chi connectivity index (χ3v) is 4.30. The van der Waals surface area contributed by atoms with E-state index in [-0.39, 0.29) is 11.6 Å². The average Bonchev–Trinajstić information content (AvgIpc) is 2.65. The third kappa shape index (κ3) is 1.66. The number of benzene rings is 1. The summed E-state index contributed by atoms with van der Waals surface area (Å²) in [4.78, 5) is 0. The van der Waals surface area contributed by atoms with Gasteiger partial charge in [0.1, 0.15) is 11.4 Å². The quantitative estimate of drug-likeness (QED) is 0.790. The Morgan fingerprint density at radius 1 is 1.31 bits per heavy atom. The highest BCUT2D eigenvalue weighted by atomic mass is 79.9. The van der Waals surface area contributed by atoms with Gasteiger partial charge in [-0.1, -0.05) is 22.0 Å². The smallest absolute Gasteiger partial charge is 0.126 e. The van der Waals surface area contributed by atoms with Gasteiger partial charge in [0.15, 0.2) is 0 Å². The summed E-state index contributed by atoms with van der Waals surface area (Å²) in [5.74, 6) is 0.982. The molecule has 0 radical (unpaired) electrons. The van der Waals surface area contributed by atoms with Gasteiger partial charge in [-0.3, -0.25) is 0 Å². The molecule has 1 fully saturated rings. The molecule has 0 amide bonds. The summed E-state index contributed by atoms with van der Waals surface area (Å²) in [7, 11) is 0. The fourth-order valence-corrected chi connectivity index (χ4v) is 3.35. The molecule has 1 aromatic rings. The van der Waals surface area contributed by atoms with E-state index in [1.165, 1.54) is 12.8 Å². The van der Waals surface area contributed by atoms with E-state index in [9.17, 15) is 0 Å². The summed E-state index contributed by atoms with van der Waals surface area (Å²) in [5, 5.41) is 0. The van der Waals surface area contributed by atoms with E-state index in [2.05, 4.69) is 28.1 Å². The molecule has 1 spiro atoms. The van der Waals surface area contributed by atoms with Crippen LogP contribution in [0.25, 0.3) is 0 Å². The monoisotopic (exact) mass is 281 g/mol. The number of fused-ring (bicyclic) bond motifs is 1. The van der Waals surface area contributed by atoms with Crippen LogP contribution in [0.2, 0.25) is 0 Å². The second-order valence-electron chi connectivity index (χ2n) is 4.98. The minimum absolute atomic E-state index is 0.0349. The molecule has 0 unspecified atom stereocenters. The Bertz CT molecular complexity index is 412. The van der Waals surface area contributed by atoms with Crippen LogP contribution in [-0.4, -0.2) is 5.60 Å². The molecule has 2 nitrogen and oxygen atoms in total. The molecule has 1 aliphatic heterocycles. The normalized spacial score (nSPS) is 26.5. The van der Waals surface area contributed by atoms with E-state index in [1.54, 1.807) is 0 Å². The van der Waals surface area contributed by atoms with Crippen molar-refractivity contribution in [2.45, 2.75) is 43.7 Å². The fourth-order valence-electron chi connectivity index (χ4n) is 3.01. The van der Waals surface area contributed by atoms with Crippen molar-refractivity contribution >= 4 is 15.9 Å². The standard InChI is InChI=1S/C13H16BrNO/c14-9-3-4-10-11(15)8-13(5-1-2-6-13)16-12(10)7-9/h3-4,7,11H,1-2,5-6,8,15H2/t11-/m1/s1. The van der Waals surface area contributed by atoms with Crippen molar-refractivity contribution in [3.05, 3.63) is 28.2 Å². The molecular weight excluding hydrogens is 266 g/mol. The van der Waals surface area contributed by atoms with Crippen LogP contribution < -0.4 is 10.5 Å². The summed E-state index contributed by atoms with van der Waals surface area (Å²) >= 11 is 3.49. The van der Waals surface area contributed by atoms with Gasteiger partial charge in [-0.05, 0) is 37.8 Å². The van der Waals surface area contributed by atoms with E-state index < -0.39 is 0 Å². The maximum absolute atomic E-state index is 6.26. The number of halogens is 1. The van der Waals surface area contributed by atoms with Gasteiger partial charge in [0, 0.05) is 22.5 Å². The van der Waals surface area contributed by atoms with Crippen molar-refractivity contribution in [1.82, 2.24) is 0 Å². The number of hydrogen-bond donors (Lipinski definition) is 1. The van der Waals surface area contributed by atoms with Gasteiger partial charge in [0.25, 0.3) is 0 Å². The lowest BCUT2D eigenvalue weighted by Crippen LogP contribution is -2.40. The number of ether oxygens (including phenoxy) is 1. The molecule has 0 saturated heterocycles. The second-order valence-corrected chi connectivity index (χ2v) is 5.90. The largest absolute Gasteiger partial charge is 0.487 e. The van der Waals surface area contributed by atoms with Gasteiger partial charge >= 0.3 is 0 Å². The number of rotatable bonds is 0. The van der Waals surface area contributed by atoms with Gasteiger partial charge in [-0.15, -0.1) is 0 Å². The zero-order chi connectivity index (χ0) is 11.2. The van der Waals surface area contributed by atoms with Crippen LogP contribution >= 0.6 is 15.9 Å². The van der Waals surface area contributed by atoms with Crippen molar-refractivity contribution in [2.24, 2.45) is 5.73 Å². The molecule has 1 aliphatic carbocycles. The molecule has 0 aromatic heterocycles. The molecule has 86 valence electrons. The van der Waals surface area contributed by atoms with Crippen LogP contribution in [0.4, 0.5) is 0 Å². The Labute approximate surface area is 104 Å². The first-order chi connectivity index (χ1) is 7.69. The predicted octanol–water partition coefficient (Wildman–Crippen LogP) is 3.54. The van der Waals surface area contributed by atoms with Crippen LogP contribution in [0.15, 0.2) is 22.7 Å². The third-order valence-electron chi connectivity index (χ3n) is 3.81. The van der Waals surface area contributed by atoms with Gasteiger partial charge in [0.05, 0.1) is 0 Å².